The number of oxime groups is 1. The number of esters is 2. The summed E-state index contributed by atoms with van der Waals surface area (Å²) in [5, 5.41) is 7.18. The van der Waals surface area contributed by atoms with Crippen LogP contribution in [0.1, 0.15) is 38.5 Å². The van der Waals surface area contributed by atoms with Crippen molar-refractivity contribution < 1.29 is 23.9 Å². The number of methoxy groups -OCH3 is 2. The van der Waals surface area contributed by atoms with Gasteiger partial charge in [0.15, 0.2) is 0 Å². The van der Waals surface area contributed by atoms with E-state index in [1.54, 1.807) is 0 Å². The first kappa shape index (κ1) is 23.1. The first-order valence-corrected chi connectivity index (χ1v) is 11.4. The molecule has 1 aliphatic rings. The molecule has 2 aromatic carbocycles. The number of ether oxygens (including phenoxy) is 2. The van der Waals surface area contributed by atoms with E-state index in [-0.39, 0.29) is 12.8 Å². The number of para-hydroxylation sites is 1. The van der Waals surface area contributed by atoms with Gasteiger partial charge in [-0.3, -0.25) is 4.79 Å². The Bertz CT molecular complexity index is 1220. The molecule has 0 fully saturated rings. The molecule has 0 N–H and O–H groups in total. The summed E-state index contributed by atoms with van der Waals surface area (Å²) >= 11 is 6.24. The fourth-order valence-electron chi connectivity index (χ4n) is 4.49. The number of hydrogen-bond donors (Lipinski definition) is 0. The van der Waals surface area contributed by atoms with Crippen molar-refractivity contribution in [2.24, 2.45) is 5.16 Å². The van der Waals surface area contributed by atoms with Gasteiger partial charge < -0.3 is 18.9 Å². The average Bonchev–Trinajstić information content (AvgIpc) is 3.38. The van der Waals surface area contributed by atoms with E-state index < -0.39 is 17.5 Å². The summed E-state index contributed by atoms with van der Waals surface area (Å²) in [6.45, 7) is 0.892. The molecule has 0 radical (unpaired) electrons. The number of benzene rings is 2. The first-order chi connectivity index (χ1) is 16.0. The van der Waals surface area contributed by atoms with E-state index >= 15 is 0 Å². The van der Waals surface area contributed by atoms with Gasteiger partial charge >= 0.3 is 11.9 Å². The third-order valence-corrected chi connectivity index (χ3v) is 6.37. The van der Waals surface area contributed by atoms with E-state index in [9.17, 15) is 9.59 Å². The highest BCUT2D eigenvalue weighted by atomic mass is 35.5. The largest absolute Gasteiger partial charge is 0.469 e. The van der Waals surface area contributed by atoms with Crippen molar-refractivity contribution in [2.45, 2.75) is 50.7 Å². The number of aryl methyl sites for hydroxylation is 1. The first-order valence-electron chi connectivity index (χ1n) is 11.0. The highest BCUT2D eigenvalue weighted by molar-refractivity contribution is 6.31. The summed E-state index contributed by atoms with van der Waals surface area (Å²) in [6.07, 6.45) is 3.60. The Morgan fingerprint density at radius 2 is 1.85 bits per heavy atom. The van der Waals surface area contributed by atoms with Crippen molar-refractivity contribution >= 4 is 51.1 Å². The minimum absolute atomic E-state index is 0.221. The van der Waals surface area contributed by atoms with Gasteiger partial charge in [0, 0.05) is 39.8 Å². The van der Waals surface area contributed by atoms with Crippen LogP contribution in [0.15, 0.2) is 47.6 Å². The molecule has 0 amide bonds. The Hall–Kier alpha value is -3.06. The standard InChI is InChI=1S/C25H27ClN2O5/c1-31-23(29)16-25(24(30)32-2)15-18(27-33-25)8-4-3-7-13-28-21-10-6-5-9-19(21)20-14-17(26)11-12-22(20)28/h5-6,9-12,14H,3-4,7-8,13,15-16H2,1-2H3. The van der Waals surface area contributed by atoms with Crippen molar-refractivity contribution in [2.75, 3.05) is 14.2 Å². The van der Waals surface area contributed by atoms with E-state index in [1.165, 1.54) is 36.0 Å². The smallest absolute Gasteiger partial charge is 0.354 e. The van der Waals surface area contributed by atoms with Crippen molar-refractivity contribution in [3.63, 3.8) is 0 Å². The molecule has 1 unspecified atom stereocenters. The van der Waals surface area contributed by atoms with Gasteiger partial charge in [0.2, 0.25) is 5.60 Å². The van der Waals surface area contributed by atoms with E-state index in [0.29, 0.717) is 6.42 Å². The van der Waals surface area contributed by atoms with E-state index in [2.05, 4.69) is 34.0 Å². The normalized spacial score (nSPS) is 17.7. The summed E-state index contributed by atoms with van der Waals surface area (Å²) in [6, 6.07) is 14.4. The van der Waals surface area contributed by atoms with Crippen molar-refractivity contribution in [1.82, 2.24) is 4.57 Å². The molecular formula is C25H27ClN2O5. The molecule has 3 aromatic rings. The third kappa shape index (κ3) is 4.69. The van der Waals surface area contributed by atoms with Crippen molar-refractivity contribution in [3.05, 3.63) is 47.5 Å². The lowest BCUT2D eigenvalue weighted by atomic mass is 9.92. The minimum atomic E-state index is -1.42. The number of unbranched alkanes of at least 4 members (excludes halogenated alkanes) is 2. The number of rotatable bonds is 9. The zero-order valence-corrected chi connectivity index (χ0v) is 19.6. The fourth-order valence-corrected chi connectivity index (χ4v) is 4.66. The second kappa shape index (κ2) is 9.83. The maximum absolute atomic E-state index is 12.2. The van der Waals surface area contributed by atoms with Gasteiger partial charge in [0.25, 0.3) is 0 Å². The highest BCUT2D eigenvalue weighted by Crippen LogP contribution is 2.33. The molecule has 0 bridgehead atoms. The average molecular weight is 471 g/mol. The van der Waals surface area contributed by atoms with Crippen LogP contribution in [0.25, 0.3) is 21.8 Å². The predicted octanol–water partition coefficient (Wildman–Crippen LogP) is 5.26. The lowest BCUT2D eigenvalue weighted by Gasteiger charge is -2.22. The molecule has 2 heterocycles. The van der Waals surface area contributed by atoms with Crippen LogP contribution in [0.4, 0.5) is 0 Å². The SMILES string of the molecule is COC(=O)CC1(C(=O)OC)CC(CCCCCn2c3ccccc3c3cc(Cl)ccc32)=NO1. The van der Waals surface area contributed by atoms with Crippen LogP contribution < -0.4 is 0 Å². The van der Waals surface area contributed by atoms with Crippen LogP contribution in [0.5, 0.6) is 0 Å². The number of nitrogens with zero attached hydrogens (tertiary/aromatic N) is 2. The number of carbonyl (C=O) groups is 2. The molecule has 1 aromatic heterocycles. The quantitative estimate of drug-likeness (QED) is 0.315. The number of halogens is 1. The summed E-state index contributed by atoms with van der Waals surface area (Å²) < 4.78 is 11.9. The van der Waals surface area contributed by atoms with Gasteiger partial charge in [-0.15, -0.1) is 0 Å². The third-order valence-electron chi connectivity index (χ3n) is 6.14. The molecule has 0 saturated heterocycles. The number of carbonyl (C=O) groups excluding carboxylic acids is 2. The molecular weight excluding hydrogens is 444 g/mol. The minimum Gasteiger partial charge on any atom is -0.469 e. The summed E-state index contributed by atoms with van der Waals surface area (Å²) in [5.74, 6) is -1.15. The fraction of sp³-hybridized carbons (Fsp3) is 0.400. The van der Waals surface area contributed by atoms with Gasteiger partial charge in [-0.25, -0.2) is 4.79 Å². The molecule has 1 atom stereocenters. The van der Waals surface area contributed by atoms with E-state index in [4.69, 9.17) is 25.9 Å². The molecule has 0 saturated carbocycles. The zero-order valence-electron chi connectivity index (χ0n) is 18.8. The summed E-state index contributed by atoms with van der Waals surface area (Å²) in [4.78, 5) is 29.4. The van der Waals surface area contributed by atoms with Crippen molar-refractivity contribution in [1.29, 1.82) is 0 Å². The van der Waals surface area contributed by atoms with Gasteiger partial charge in [0.1, 0.15) is 0 Å². The Balaban J connectivity index is 1.34. The van der Waals surface area contributed by atoms with Crippen LogP contribution in [-0.4, -0.2) is 42.0 Å². The van der Waals surface area contributed by atoms with Crippen LogP contribution in [0.3, 0.4) is 0 Å². The molecule has 0 aliphatic carbocycles. The summed E-state index contributed by atoms with van der Waals surface area (Å²) in [7, 11) is 2.54. The highest BCUT2D eigenvalue weighted by Gasteiger charge is 2.49. The van der Waals surface area contributed by atoms with Crippen LogP contribution >= 0.6 is 11.6 Å². The van der Waals surface area contributed by atoms with Gasteiger partial charge in [-0.2, -0.15) is 0 Å². The molecule has 4 rings (SSSR count). The Kier molecular flexibility index (Phi) is 6.88. The molecule has 174 valence electrons. The van der Waals surface area contributed by atoms with Gasteiger partial charge in [-0.1, -0.05) is 41.4 Å². The number of aromatic nitrogens is 1. The summed E-state index contributed by atoms with van der Waals surface area (Å²) in [5.41, 5.74) is 1.73. The maximum Gasteiger partial charge on any atom is 0.354 e. The van der Waals surface area contributed by atoms with Crippen LogP contribution in [0.2, 0.25) is 5.02 Å². The monoisotopic (exact) mass is 470 g/mol. The molecule has 0 spiro atoms. The van der Waals surface area contributed by atoms with Crippen molar-refractivity contribution in [3.8, 4) is 0 Å². The van der Waals surface area contributed by atoms with Crippen LogP contribution in [0, 0.1) is 0 Å². The van der Waals surface area contributed by atoms with Gasteiger partial charge in [0.05, 0.1) is 26.4 Å². The number of fused-ring (bicyclic) bond motifs is 3. The second-order valence-corrected chi connectivity index (χ2v) is 8.74. The molecule has 7 nitrogen and oxygen atoms in total. The van der Waals surface area contributed by atoms with Crippen LogP contribution in [-0.2, 0) is 30.4 Å². The molecule has 33 heavy (non-hydrogen) atoms. The molecule has 8 heteroatoms. The lowest BCUT2D eigenvalue weighted by molar-refractivity contribution is -0.173. The van der Waals surface area contributed by atoms with Gasteiger partial charge in [-0.05, 0) is 43.5 Å². The Morgan fingerprint density at radius 1 is 1.06 bits per heavy atom. The Morgan fingerprint density at radius 3 is 2.64 bits per heavy atom. The topological polar surface area (TPSA) is 79.1 Å². The lowest BCUT2D eigenvalue weighted by Crippen LogP contribution is -2.42. The molecule has 1 aliphatic heterocycles. The van der Waals surface area contributed by atoms with E-state index in [0.717, 1.165) is 36.5 Å². The van der Waals surface area contributed by atoms with E-state index in [1.807, 2.05) is 18.2 Å². The second-order valence-electron chi connectivity index (χ2n) is 8.31. The predicted molar refractivity (Wildman–Crippen MR) is 127 cm³/mol. The number of hydrogen-bond acceptors (Lipinski definition) is 6. The zero-order chi connectivity index (χ0) is 23.4. The maximum atomic E-state index is 12.2. The Labute approximate surface area is 197 Å².